The van der Waals surface area contributed by atoms with Crippen molar-refractivity contribution >= 4 is 39.1 Å². The van der Waals surface area contributed by atoms with Gasteiger partial charge in [-0.25, -0.2) is 4.98 Å². The van der Waals surface area contributed by atoms with Gasteiger partial charge < -0.3 is 10.6 Å². The van der Waals surface area contributed by atoms with Gasteiger partial charge >= 0.3 is 0 Å². The average molecular weight is 380 g/mol. The number of halogens is 1. The van der Waals surface area contributed by atoms with E-state index in [1.807, 2.05) is 55.5 Å². The van der Waals surface area contributed by atoms with Gasteiger partial charge in [0, 0.05) is 21.9 Å². The molecule has 1 aromatic heterocycles. The molecule has 0 saturated heterocycles. The Morgan fingerprint density at radius 3 is 2.62 bits per heavy atom. The van der Waals surface area contributed by atoms with Gasteiger partial charge in [0.15, 0.2) is 0 Å². The first-order valence-corrected chi connectivity index (χ1v) is 8.08. The fourth-order valence-corrected chi connectivity index (χ4v) is 2.61. The van der Waals surface area contributed by atoms with Crippen LogP contribution in [0.1, 0.15) is 11.3 Å². The average Bonchev–Trinajstić information content (AvgIpc) is 2.55. The minimum Gasteiger partial charge on any atom is -0.340 e. The number of para-hydroxylation sites is 1. The summed E-state index contributed by atoms with van der Waals surface area (Å²) in [4.78, 5) is 8.85. The molecule has 3 aromatic rings. The van der Waals surface area contributed by atoms with Crippen LogP contribution in [0.4, 0.5) is 23.1 Å². The molecule has 3 rings (SSSR count). The highest BCUT2D eigenvalue weighted by molar-refractivity contribution is 9.10. The van der Waals surface area contributed by atoms with E-state index in [4.69, 9.17) is 0 Å². The molecule has 0 fully saturated rings. The van der Waals surface area contributed by atoms with Crippen LogP contribution in [0.25, 0.3) is 0 Å². The van der Waals surface area contributed by atoms with Crippen molar-refractivity contribution in [2.45, 2.75) is 6.92 Å². The van der Waals surface area contributed by atoms with Crippen LogP contribution >= 0.6 is 15.9 Å². The third kappa shape index (κ3) is 3.89. The second-order valence-corrected chi connectivity index (χ2v) is 6.05. The Kier molecular flexibility index (Phi) is 4.73. The van der Waals surface area contributed by atoms with E-state index < -0.39 is 0 Å². The molecule has 0 aliphatic carbocycles. The largest absolute Gasteiger partial charge is 0.340 e. The molecule has 0 spiro atoms. The highest BCUT2D eigenvalue weighted by Gasteiger charge is 2.06. The number of rotatable bonds is 4. The summed E-state index contributed by atoms with van der Waals surface area (Å²) in [5.41, 5.74) is 2.97. The number of hydrogen-bond donors (Lipinski definition) is 2. The summed E-state index contributed by atoms with van der Waals surface area (Å²) in [5, 5.41) is 15.5. The first-order valence-electron chi connectivity index (χ1n) is 7.28. The second kappa shape index (κ2) is 7.11. The molecule has 0 bridgehead atoms. The molecule has 2 N–H and O–H groups in total. The highest BCUT2D eigenvalue weighted by Crippen LogP contribution is 2.22. The number of aryl methyl sites for hydroxylation is 1. The van der Waals surface area contributed by atoms with E-state index in [0.717, 1.165) is 15.9 Å². The fourth-order valence-electron chi connectivity index (χ4n) is 2.21. The highest BCUT2D eigenvalue weighted by atomic mass is 79.9. The molecular formula is C18H14BrN5. The van der Waals surface area contributed by atoms with E-state index in [9.17, 15) is 5.26 Å². The predicted molar refractivity (Wildman–Crippen MR) is 98.6 cm³/mol. The number of nitriles is 1. The van der Waals surface area contributed by atoms with Gasteiger partial charge in [-0.05, 0) is 37.3 Å². The maximum atomic E-state index is 9.18. The van der Waals surface area contributed by atoms with Crippen molar-refractivity contribution in [2.75, 3.05) is 10.6 Å². The molecule has 0 aliphatic heterocycles. The summed E-state index contributed by atoms with van der Waals surface area (Å²) < 4.78 is 0.986. The van der Waals surface area contributed by atoms with Crippen LogP contribution in [-0.2, 0) is 0 Å². The monoisotopic (exact) mass is 379 g/mol. The lowest BCUT2D eigenvalue weighted by molar-refractivity contribution is 1.11. The molecule has 0 atom stereocenters. The van der Waals surface area contributed by atoms with Gasteiger partial charge in [0.05, 0.1) is 11.3 Å². The smallest absolute Gasteiger partial charge is 0.229 e. The molecule has 0 radical (unpaired) electrons. The summed E-state index contributed by atoms with van der Waals surface area (Å²) >= 11 is 3.45. The SMILES string of the molecule is Cc1cc(Nc2cccc(Br)c2)nc(Nc2ccccc2C#N)n1. The third-order valence-corrected chi connectivity index (χ3v) is 3.74. The summed E-state index contributed by atoms with van der Waals surface area (Å²) in [6, 6.07) is 19.1. The Labute approximate surface area is 148 Å². The van der Waals surface area contributed by atoms with Crippen LogP contribution in [0.15, 0.2) is 59.1 Å². The van der Waals surface area contributed by atoms with E-state index >= 15 is 0 Å². The first-order chi connectivity index (χ1) is 11.6. The van der Waals surface area contributed by atoms with E-state index in [2.05, 4.69) is 42.6 Å². The Hall–Kier alpha value is -2.91. The lowest BCUT2D eigenvalue weighted by Gasteiger charge is -2.11. The van der Waals surface area contributed by atoms with Crippen LogP contribution in [0.2, 0.25) is 0 Å². The van der Waals surface area contributed by atoms with E-state index in [1.54, 1.807) is 6.07 Å². The number of nitrogens with one attached hydrogen (secondary N) is 2. The number of aromatic nitrogens is 2. The van der Waals surface area contributed by atoms with Crippen molar-refractivity contribution in [3.8, 4) is 6.07 Å². The van der Waals surface area contributed by atoms with Gasteiger partial charge in [-0.2, -0.15) is 10.2 Å². The van der Waals surface area contributed by atoms with Crippen molar-refractivity contribution < 1.29 is 0 Å². The molecule has 2 aromatic carbocycles. The van der Waals surface area contributed by atoms with Crippen LogP contribution in [-0.4, -0.2) is 9.97 Å². The van der Waals surface area contributed by atoms with Gasteiger partial charge in [0.1, 0.15) is 11.9 Å². The predicted octanol–water partition coefficient (Wildman–Crippen LogP) is 4.91. The minimum absolute atomic E-state index is 0.440. The lowest BCUT2D eigenvalue weighted by Crippen LogP contribution is -2.03. The zero-order chi connectivity index (χ0) is 16.9. The van der Waals surface area contributed by atoms with E-state index in [0.29, 0.717) is 23.0 Å². The summed E-state index contributed by atoms with van der Waals surface area (Å²) in [6.07, 6.45) is 0. The Morgan fingerprint density at radius 2 is 1.83 bits per heavy atom. The van der Waals surface area contributed by atoms with Gasteiger partial charge in [0.25, 0.3) is 0 Å². The minimum atomic E-state index is 0.440. The molecule has 0 aliphatic rings. The molecule has 118 valence electrons. The normalized spacial score (nSPS) is 10.0. The molecule has 0 amide bonds. The number of hydrogen-bond acceptors (Lipinski definition) is 5. The lowest BCUT2D eigenvalue weighted by atomic mass is 10.2. The molecule has 0 unspecified atom stereocenters. The quantitative estimate of drug-likeness (QED) is 0.673. The topological polar surface area (TPSA) is 73.6 Å². The standard InChI is InChI=1S/C18H14BrN5/c1-12-9-17(22-15-7-4-6-14(19)10-15)24-18(21-12)23-16-8-3-2-5-13(16)11-20/h2-10H,1H3,(H2,21,22,23,24). The maximum Gasteiger partial charge on any atom is 0.229 e. The van der Waals surface area contributed by atoms with Crippen molar-refractivity contribution in [3.63, 3.8) is 0 Å². The summed E-state index contributed by atoms with van der Waals surface area (Å²) in [7, 11) is 0. The molecular weight excluding hydrogens is 366 g/mol. The van der Waals surface area contributed by atoms with Crippen LogP contribution in [0, 0.1) is 18.3 Å². The number of anilines is 4. The zero-order valence-corrected chi connectivity index (χ0v) is 14.5. The van der Waals surface area contributed by atoms with Gasteiger partial charge in [-0.1, -0.05) is 34.1 Å². The van der Waals surface area contributed by atoms with Crippen LogP contribution in [0.5, 0.6) is 0 Å². The van der Waals surface area contributed by atoms with Gasteiger partial charge in [-0.3, -0.25) is 0 Å². The summed E-state index contributed by atoms with van der Waals surface area (Å²) in [6.45, 7) is 1.90. The number of benzene rings is 2. The molecule has 0 saturated carbocycles. The van der Waals surface area contributed by atoms with Gasteiger partial charge in [0.2, 0.25) is 5.95 Å². The maximum absolute atomic E-state index is 9.18. The third-order valence-electron chi connectivity index (χ3n) is 3.25. The Bertz CT molecular complexity index is 917. The molecule has 5 nitrogen and oxygen atoms in total. The second-order valence-electron chi connectivity index (χ2n) is 5.14. The van der Waals surface area contributed by atoms with Crippen LogP contribution < -0.4 is 10.6 Å². The summed E-state index contributed by atoms with van der Waals surface area (Å²) in [5.74, 6) is 1.12. The van der Waals surface area contributed by atoms with Crippen molar-refractivity contribution in [1.82, 2.24) is 9.97 Å². The van der Waals surface area contributed by atoms with E-state index in [-0.39, 0.29) is 0 Å². The van der Waals surface area contributed by atoms with Crippen molar-refractivity contribution in [3.05, 3.63) is 70.3 Å². The van der Waals surface area contributed by atoms with Crippen molar-refractivity contribution in [2.24, 2.45) is 0 Å². The van der Waals surface area contributed by atoms with Crippen molar-refractivity contribution in [1.29, 1.82) is 5.26 Å². The molecule has 6 heteroatoms. The Morgan fingerprint density at radius 1 is 1.00 bits per heavy atom. The van der Waals surface area contributed by atoms with E-state index in [1.165, 1.54) is 0 Å². The van der Waals surface area contributed by atoms with Gasteiger partial charge in [-0.15, -0.1) is 0 Å². The zero-order valence-electron chi connectivity index (χ0n) is 12.9. The number of nitrogens with zero attached hydrogens (tertiary/aromatic N) is 3. The Balaban J connectivity index is 1.88. The molecule has 24 heavy (non-hydrogen) atoms. The fraction of sp³-hybridized carbons (Fsp3) is 0.0556. The first kappa shape index (κ1) is 16.0. The molecule has 1 heterocycles. The van der Waals surface area contributed by atoms with Crippen LogP contribution in [0.3, 0.4) is 0 Å².